The van der Waals surface area contributed by atoms with Gasteiger partial charge in [0.15, 0.2) is 5.71 Å². The second-order valence-corrected chi connectivity index (χ2v) is 5.47. The molecule has 0 spiro atoms. The van der Waals surface area contributed by atoms with Crippen molar-refractivity contribution in [1.29, 1.82) is 0 Å². The number of carbonyl (C=O) groups is 1. The number of ether oxygens (including phenoxy) is 1. The lowest BCUT2D eigenvalue weighted by Crippen LogP contribution is -2.17. The van der Waals surface area contributed by atoms with Crippen molar-refractivity contribution in [3.05, 3.63) is 51.2 Å². The normalized spacial score (nSPS) is 11.4. The summed E-state index contributed by atoms with van der Waals surface area (Å²) in [7, 11) is 0. The minimum atomic E-state index is -0.413. The Morgan fingerprint density at radius 3 is 2.80 bits per heavy atom. The van der Waals surface area contributed by atoms with Gasteiger partial charge in [0.05, 0.1) is 17.2 Å². The van der Waals surface area contributed by atoms with E-state index in [2.05, 4.69) is 4.99 Å². The summed E-state index contributed by atoms with van der Waals surface area (Å²) in [4.78, 5) is 17.3. The molecule has 3 nitrogen and oxygen atoms in total. The number of nitrogens with zero attached hydrogens (tertiary/aromatic N) is 1. The summed E-state index contributed by atoms with van der Waals surface area (Å²) >= 11 is 7.38. The van der Waals surface area contributed by atoms with Crippen LogP contribution in [0.25, 0.3) is 0 Å². The van der Waals surface area contributed by atoms with E-state index in [1.54, 1.807) is 19.1 Å². The fourth-order valence-corrected chi connectivity index (χ4v) is 2.61. The minimum Gasteiger partial charge on any atom is -0.461 e. The van der Waals surface area contributed by atoms with Crippen LogP contribution in [0.1, 0.15) is 17.4 Å². The van der Waals surface area contributed by atoms with Crippen LogP contribution in [0, 0.1) is 6.92 Å². The Morgan fingerprint density at radius 2 is 2.20 bits per heavy atom. The molecule has 0 aliphatic carbocycles. The van der Waals surface area contributed by atoms with Crippen molar-refractivity contribution in [3.8, 4) is 0 Å². The number of esters is 1. The van der Waals surface area contributed by atoms with Gasteiger partial charge in [-0.05, 0) is 49.1 Å². The highest BCUT2D eigenvalue weighted by atomic mass is 35.5. The topological polar surface area (TPSA) is 38.7 Å². The molecule has 1 aromatic carbocycles. The van der Waals surface area contributed by atoms with Crippen molar-refractivity contribution >= 4 is 40.3 Å². The lowest BCUT2D eigenvalue weighted by molar-refractivity contribution is -0.134. The van der Waals surface area contributed by atoms with E-state index in [4.69, 9.17) is 16.3 Å². The molecule has 0 saturated carbocycles. The van der Waals surface area contributed by atoms with Crippen LogP contribution in [-0.2, 0) is 9.53 Å². The first-order valence-corrected chi connectivity index (χ1v) is 7.43. The molecular formula is C15H14ClNO2S. The molecule has 0 atom stereocenters. The molecule has 2 aromatic rings. The maximum Gasteiger partial charge on any atom is 0.358 e. The minimum absolute atomic E-state index is 0.322. The van der Waals surface area contributed by atoms with E-state index in [1.807, 2.05) is 30.5 Å². The Labute approximate surface area is 126 Å². The molecule has 0 aliphatic heterocycles. The van der Waals surface area contributed by atoms with Crippen LogP contribution in [0.3, 0.4) is 0 Å². The first kappa shape index (κ1) is 14.8. The SMILES string of the molecule is CCOC(=O)C(=Nc1ccc(Cl)cc1C)c1cccs1. The van der Waals surface area contributed by atoms with E-state index in [0.717, 1.165) is 10.4 Å². The molecule has 1 heterocycles. The van der Waals surface area contributed by atoms with E-state index in [-0.39, 0.29) is 0 Å². The summed E-state index contributed by atoms with van der Waals surface area (Å²) in [6, 6.07) is 9.10. The second kappa shape index (κ2) is 6.68. The van der Waals surface area contributed by atoms with E-state index in [0.29, 0.717) is 23.0 Å². The van der Waals surface area contributed by atoms with Gasteiger partial charge in [-0.1, -0.05) is 17.7 Å². The molecule has 0 radical (unpaired) electrons. The molecule has 0 unspecified atom stereocenters. The monoisotopic (exact) mass is 307 g/mol. The van der Waals surface area contributed by atoms with Gasteiger partial charge in [-0.25, -0.2) is 9.79 Å². The molecule has 0 fully saturated rings. The van der Waals surface area contributed by atoms with Gasteiger partial charge in [0, 0.05) is 5.02 Å². The average molecular weight is 308 g/mol. The standard InChI is InChI=1S/C15H14ClNO2S/c1-3-19-15(18)14(13-5-4-8-20-13)17-12-7-6-11(16)9-10(12)2/h4-9H,3H2,1-2H3. The van der Waals surface area contributed by atoms with Crippen LogP contribution in [0.4, 0.5) is 5.69 Å². The molecule has 20 heavy (non-hydrogen) atoms. The molecule has 104 valence electrons. The second-order valence-electron chi connectivity index (χ2n) is 4.09. The zero-order valence-corrected chi connectivity index (χ0v) is 12.8. The zero-order valence-electron chi connectivity index (χ0n) is 11.2. The molecule has 1 aromatic heterocycles. The van der Waals surface area contributed by atoms with Gasteiger partial charge in [0.25, 0.3) is 0 Å². The van der Waals surface area contributed by atoms with Crippen molar-refractivity contribution in [1.82, 2.24) is 0 Å². The third-order valence-corrected chi connectivity index (χ3v) is 3.73. The van der Waals surface area contributed by atoms with Gasteiger partial charge in [0.2, 0.25) is 0 Å². The van der Waals surface area contributed by atoms with Crippen LogP contribution in [0.15, 0.2) is 40.7 Å². The van der Waals surface area contributed by atoms with Gasteiger partial charge in [-0.2, -0.15) is 0 Å². The number of hydrogen-bond acceptors (Lipinski definition) is 4. The summed E-state index contributed by atoms with van der Waals surface area (Å²) < 4.78 is 5.07. The van der Waals surface area contributed by atoms with E-state index in [1.165, 1.54) is 11.3 Å². The highest BCUT2D eigenvalue weighted by Crippen LogP contribution is 2.24. The van der Waals surface area contributed by atoms with Crippen molar-refractivity contribution in [2.45, 2.75) is 13.8 Å². The number of rotatable bonds is 4. The lowest BCUT2D eigenvalue weighted by Gasteiger charge is -2.06. The summed E-state index contributed by atoms with van der Waals surface area (Å²) in [5.41, 5.74) is 1.95. The van der Waals surface area contributed by atoms with Crippen LogP contribution >= 0.6 is 22.9 Å². The van der Waals surface area contributed by atoms with Gasteiger partial charge in [-0.15, -0.1) is 11.3 Å². The first-order chi connectivity index (χ1) is 9.61. The Kier molecular flexibility index (Phi) is 4.93. The summed E-state index contributed by atoms with van der Waals surface area (Å²) in [5.74, 6) is -0.413. The van der Waals surface area contributed by atoms with E-state index in [9.17, 15) is 4.79 Å². The lowest BCUT2D eigenvalue weighted by atomic mass is 10.2. The molecular weight excluding hydrogens is 294 g/mol. The summed E-state index contributed by atoms with van der Waals surface area (Å²) in [6.45, 7) is 4.00. The number of aryl methyl sites for hydroxylation is 1. The van der Waals surface area contributed by atoms with Crippen molar-refractivity contribution < 1.29 is 9.53 Å². The highest BCUT2D eigenvalue weighted by molar-refractivity contribution is 7.13. The van der Waals surface area contributed by atoms with Crippen molar-refractivity contribution in [3.63, 3.8) is 0 Å². The van der Waals surface area contributed by atoms with Crippen molar-refractivity contribution in [2.75, 3.05) is 6.61 Å². The van der Waals surface area contributed by atoms with Gasteiger partial charge in [-0.3, -0.25) is 0 Å². The quantitative estimate of drug-likeness (QED) is 0.620. The van der Waals surface area contributed by atoms with E-state index < -0.39 is 5.97 Å². The Balaban J connectivity index is 2.45. The Bertz CT molecular complexity index is 635. The highest BCUT2D eigenvalue weighted by Gasteiger charge is 2.17. The predicted octanol–water partition coefficient (Wildman–Crippen LogP) is 4.39. The molecule has 0 bridgehead atoms. The first-order valence-electron chi connectivity index (χ1n) is 6.17. The maximum absolute atomic E-state index is 12.1. The third kappa shape index (κ3) is 3.46. The van der Waals surface area contributed by atoms with Crippen molar-refractivity contribution in [2.24, 2.45) is 4.99 Å². The molecule has 0 saturated heterocycles. The largest absolute Gasteiger partial charge is 0.461 e. The fourth-order valence-electron chi connectivity index (χ4n) is 1.68. The molecule has 0 amide bonds. The molecule has 5 heteroatoms. The molecule has 2 rings (SSSR count). The van der Waals surface area contributed by atoms with Crippen LogP contribution < -0.4 is 0 Å². The number of carbonyl (C=O) groups excluding carboxylic acids is 1. The fraction of sp³-hybridized carbons (Fsp3) is 0.200. The number of aliphatic imine (C=N–C) groups is 1. The van der Waals surface area contributed by atoms with Crippen LogP contribution in [-0.4, -0.2) is 18.3 Å². The number of hydrogen-bond donors (Lipinski definition) is 0. The number of thiophene rings is 1. The van der Waals surface area contributed by atoms with Gasteiger partial charge in [0.1, 0.15) is 0 Å². The van der Waals surface area contributed by atoms with Gasteiger partial charge < -0.3 is 4.74 Å². The average Bonchev–Trinajstić information content (AvgIpc) is 2.91. The van der Waals surface area contributed by atoms with Crippen LogP contribution in [0.2, 0.25) is 5.02 Å². The number of halogens is 1. The van der Waals surface area contributed by atoms with Crippen LogP contribution in [0.5, 0.6) is 0 Å². The van der Waals surface area contributed by atoms with E-state index >= 15 is 0 Å². The third-order valence-electron chi connectivity index (χ3n) is 2.61. The summed E-state index contributed by atoms with van der Waals surface area (Å²) in [6.07, 6.45) is 0. The number of benzene rings is 1. The zero-order chi connectivity index (χ0) is 14.5. The molecule has 0 aliphatic rings. The predicted molar refractivity (Wildman–Crippen MR) is 83.3 cm³/mol. The summed E-state index contributed by atoms with van der Waals surface area (Å²) in [5, 5.41) is 2.55. The Morgan fingerprint density at radius 1 is 1.40 bits per heavy atom. The molecule has 0 N–H and O–H groups in total. The van der Waals surface area contributed by atoms with Gasteiger partial charge >= 0.3 is 5.97 Å². The smallest absolute Gasteiger partial charge is 0.358 e. The Hall–Kier alpha value is -1.65. The maximum atomic E-state index is 12.1.